The number of aliphatic hydroxyl groups excluding tert-OH is 9. The number of hydrogen-bond donors (Lipinski definition) is 10. The third-order valence-corrected chi connectivity index (χ3v) is 8.31. The van der Waals surface area contributed by atoms with Gasteiger partial charge in [-0.05, 0) is 25.1 Å². The molecule has 0 bridgehead atoms. The molecule has 52 heavy (non-hydrogen) atoms. The van der Waals surface area contributed by atoms with Gasteiger partial charge >= 0.3 is 0 Å². The second-order valence-electron chi connectivity index (χ2n) is 11.9. The fourth-order valence-corrected chi connectivity index (χ4v) is 5.60. The van der Waals surface area contributed by atoms with Crippen LogP contribution in [0.2, 0.25) is 0 Å². The van der Waals surface area contributed by atoms with Crippen LogP contribution < -0.4 is 24.4 Å². The maximum atomic E-state index is 14.1. The van der Waals surface area contributed by atoms with Crippen molar-refractivity contribution in [3.05, 3.63) is 40.6 Å². The summed E-state index contributed by atoms with van der Waals surface area (Å²) in [4.78, 5) is 14.1. The van der Waals surface area contributed by atoms with E-state index in [9.17, 15) is 55.9 Å². The molecule has 288 valence electrons. The molecule has 19 heteroatoms. The summed E-state index contributed by atoms with van der Waals surface area (Å²) >= 11 is 0. The molecule has 5 rings (SSSR count). The van der Waals surface area contributed by atoms with Crippen LogP contribution in [0.15, 0.2) is 39.5 Å². The molecule has 2 saturated heterocycles. The number of benzene rings is 2. The first-order valence-corrected chi connectivity index (χ1v) is 16.3. The molecule has 1 aromatic heterocycles. The molecule has 10 N–H and O–H groups in total. The van der Waals surface area contributed by atoms with Crippen molar-refractivity contribution in [1.82, 2.24) is 0 Å². The molecule has 0 radical (unpaired) electrons. The Morgan fingerprint density at radius 1 is 0.712 bits per heavy atom. The molecule has 10 atom stereocenters. The van der Waals surface area contributed by atoms with Gasteiger partial charge in [0, 0.05) is 17.7 Å². The van der Waals surface area contributed by atoms with Gasteiger partial charge in [0.25, 0.3) is 0 Å². The van der Waals surface area contributed by atoms with Crippen LogP contribution in [0.3, 0.4) is 0 Å². The van der Waals surface area contributed by atoms with Crippen molar-refractivity contribution in [3.63, 3.8) is 0 Å². The molecular weight excluding hydrogens is 700 g/mol. The van der Waals surface area contributed by atoms with Gasteiger partial charge < -0.3 is 88.6 Å². The maximum Gasteiger partial charge on any atom is 0.239 e. The topological polar surface area (TPSA) is 297 Å². The van der Waals surface area contributed by atoms with E-state index < -0.39 is 84.9 Å². The summed E-state index contributed by atoms with van der Waals surface area (Å²) < 4.78 is 45.1. The van der Waals surface area contributed by atoms with E-state index in [-0.39, 0.29) is 79.2 Å². The Balaban J connectivity index is 1.53. The highest BCUT2D eigenvalue weighted by molar-refractivity contribution is 5.88. The zero-order chi connectivity index (χ0) is 37.7. The number of hydrogen-bond acceptors (Lipinski definition) is 19. The molecule has 19 nitrogen and oxygen atoms in total. The number of aromatic hydroxyl groups is 1. The summed E-state index contributed by atoms with van der Waals surface area (Å²) in [5, 5.41) is 101. The Bertz CT molecular complexity index is 1700. The van der Waals surface area contributed by atoms with Gasteiger partial charge in [0.2, 0.25) is 17.5 Å². The number of rotatable bonds is 15. The Morgan fingerprint density at radius 2 is 1.35 bits per heavy atom. The average Bonchev–Trinajstić information content (AvgIpc) is 3.13. The lowest BCUT2D eigenvalue weighted by molar-refractivity contribution is -0.318. The lowest BCUT2D eigenvalue weighted by atomic mass is 9.98. The van der Waals surface area contributed by atoms with Gasteiger partial charge in [0.05, 0.1) is 32.5 Å². The molecule has 2 aliphatic heterocycles. The number of phenolic OH excluding ortho intramolecular Hbond substituents is 1. The van der Waals surface area contributed by atoms with Crippen LogP contribution in [0.5, 0.6) is 28.7 Å². The quantitative estimate of drug-likeness (QED) is 0.0758. The van der Waals surface area contributed by atoms with Crippen LogP contribution in [-0.4, -0.2) is 159 Å². The van der Waals surface area contributed by atoms with Crippen LogP contribution in [0, 0.1) is 0 Å². The number of ether oxygens (including phenoxy) is 7. The van der Waals surface area contributed by atoms with Crippen LogP contribution in [0.1, 0.15) is 6.92 Å². The van der Waals surface area contributed by atoms with Gasteiger partial charge in [-0.3, -0.25) is 4.79 Å². The Kier molecular flexibility index (Phi) is 13.1. The van der Waals surface area contributed by atoms with Crippen molar-refractivity contribution < 1.29 is 88.6 Å². The Hall–Kier alpha value is -3.83. The second kappa shape index (κ2) is 17.3. The summed E-state index contributed by atoms with van der Waals surface area (Å²) in [5.41, 5.74) is -1.08. The highest BCUT2D eigenvalue weighted by Gasteiger charge is 2.48. The van der Waals surface area contributed by atoms with Crippen LogP contribution in [0.25, 0.3) is 22.3 Å². The molecule has 2 aromatic carbocycles. The largest absolute Gasteiger partial charge is 0.507 e. The van der Waals surface area contributed by atoms with Crippen LogP contribution >= 0.6 is 0 Å². The Morgan fingerprint density at radius 3 is 2.04 bits per heavy atom. The van der Waals surface area contributed by atoms with Crippen LogP contribution in [0.4, 0.5) is 0 Å². The smallest absolute Gasteiger partial charge is 0.239 e. The number of aliphatic hydroxyl groups is 9. The van der Waals surface area contributed by atoms with E-state index in [1.54, 1.807) is 0 Å². The fraction of sp³-hybridized carbons (Fsp3) is 0.545. The molecule has 0 saturated carbocycles. The molecule has 0 spiro atoms. The van der Waals surface area contributed by atoms with Crippen molar-refractivity contribution in [2.75, 3.05) is 46.2 Å². The van der Waals surface area contributed by atoms with Crippen LogP contribution in [-0.2, 0) is 14.2 Å². The van der Waals surface area contributed by atoms with E-state index in [0.717, 1.165) is 6.07 Å². The monoisotopic (exact) mass is 742 g/mol. The zero-order valence-corrected chi connectivity index (χ0v) is 27.8. The average molecular weight is 743 g/mol. The van der Waals surface area contributed by atoms with Gasteiger partial charge in [0.15, 0.2) is 23.5 Å². The zero-order valence-electron chi connectivity index (χ0n) is 27.8. The van der Waals surface area contributed by atoms with Gasteiger partial charge in [-0.25, -0.2) is 0 Å². The Labute approximate surface area is 294 Å². The number of fused-ring (bicyclic) bond motifs is 1. The van der Waals surface area contributed by atoms with Crippen molar-refractivity contribution >= 4 is 11.0 Å². The van der Waals surface area contributed by atoms with Crippen molar-refractivity contribution in [3.8, 4) is 40.1 Å². The predicted molar refractivity (Wildman–Crippen MR) is 173 cm³/mol. The molecule has 2 aliphatic rings. The van der Waals surface area contributed by atoms with E-state index in [4.69, 9.17) is 37.6 Å². The first kappa shape index (κ1) is 39.4. The summed E-state index contributed by atoms with van der Waals surface area (Å²) in [6, 6.07) is 6.59. The second-order valence-corrected chi connectivity index (χ2v) is 11.9. The predicted octanol–water partition coefficient (Wildman–Crippen LogP) is -2.69. The normalized spacial score (nSPS) is 29.2. The third-order valence-electron chi connectivity index (χ3n) is 8.31. The summed E-state index contributed by atoms with van der Waals surface area (Å²) in [7, 11) is 0. The first-order valence-electron chi connectivity index (χ1n) is 16.3. The molecule has 3 heterocycles. The van der Waals surface area contributed by atoms with Gasteiger partial charge in [-0.2, -0.15) is 0 Å². The highest BCUT2D eigenvalue weighted by Crippen LogP contribution is 2.40. The van der Waals surface area contributed by atoms with Gasteiger partial charge in [-0.1, -0.05) is 0 Å². The lowest BCUT2D eigenvalue weighted by Gasteiger charge is -2.42. The number of phenols is 1. The van der Waals surface area contributed by atoms with E-state index in [2.05, 4.69) is 0 Å². The maximum absolute atomic E-state index is 14.1. The molecule has 0 amide bonds. The minimum absolute atomic E-state index is 0.0380. The first-order chi connectivity index (χ1) is 24.9. The molecule has 0 aliphatic carbocycles. The van der Waals surface area contributed by atoms with E-state index in [1.165, 1.54) is 31.2 Å². The summed E-state index contributed by atoms with van der Waals surface area (Å²) in [6.07, 6.45) is -16.3. The minimum Gasteiger partial charge on any atom is -0.507 e. The molecule has 2 fully saturated rings. The van der Waals surface area contributed by atoms with Gasteiger partial charge in [-0.15, -0.1) is 0 Å². The lowest BCUT2D eigenvalue weighted by Crippen LogP contribution is -2.61. The minimum atomic E-state index is -1.98. The SMILES string of the molecule is C[C@@H]1O[C@H](OC[C@@H]2O[C@H](Oc3c(-c4ccc(OCCO)c(OCCO)c4)oc4cc(OCCO)cc(O)c4c3=O)[C@H](O)[C@H](O)[C@H]2O)[C@H](O)[C@H](O)[C@@H]1O. The third kappa shape index (κ3) is 8.36. The van der Waals surface area contributed by atoms with E-state index in [1.807, 2.05) is 0 Å². The van der Waals surface area contributed by atoms with Gasteiger partial charge in [0.1, 0.15) is 85.0 Å². The van der Waals surface area contributed by atoms with Crippen molar-refractivity contribution in [2.24, 2.45) is 0 Å². The van der Waals surface area contributed by atoms with Crippen molar-refractivity contribution in [2.45, 2.75) is 68.3 Å². The van der Waals surface area contributed by atoms with E-state index >= 15 is 0 Å². The fourth-order valence-electron chi connectivity index (χ4n) is 5.60. The summed E-state index contributed by atoms with van der Waals surface area (Å²) in [6.45, 7) is -0.648. The van der Waals surface area contributed by atoms with Crippen molar-refractivity contribution in [1.29, 1.82) is 0 Å². The highest BCUT2D eigenvalue weighted by atomic mass is 16.7. The standard InChI is InChI=1S/C33H42O19/c1-14-23(38)26(41)28(43)32(49-14)48-13-21-24(39)27(42)29(44)33(51-21)52-31-25(40)22-17(37)11-16(45-7-4-34)12-20(22)50-30(31)15-2-3-18(46-8-5-35)19(10-15)47-9-6-36/h2-3,10-12,14,21,23-24,26-29,32-39,41-44H,4-9,13H2,1H3/t14-,21-,23+,24-,26+,27+,28+,29+,32-,33+/m0/s1. The summed E-state index contributed by atoms with van der Waals surface area (Å²) in [5.74, 6) is -1.31. The molecule has 3 aromatic rings. The van der Waals surface area contributed by atoms with E-state index in [0.29, 0.717) is 0 Å². The molecular formula is C33H42O19. The molecule has 0 unspecified atom stereocenters.